The zero-order valence-electron chi connectivity index (χ0n) is 18.3. The molecule has 0 heteroatoms. The van der Waals surface area contributed by atoms with E-state index in [1.54, 1.807) is 0 Å². The second-order valence-corrected chi connectivity index (χ2v) is 7.91. The van der Waals surface area contributed by atoms with Crippen molar-refractivity contribution in [3.05, 3.63) is 86.8 Å². The van der Waals surface area contributed by atoms with E-state index in [0.717, 1.165) is 53.7 Å². The molecule has 0 N–H and O–H groups in total. The number of fused-ring (bicyclic) bond motifs is 1. The van der Waals surface area contributed by atoms with Gasteiger partial charge in [-0.15, -0.1) is 0 Å². The Kier molecular flexibility index (Phi) is 7.54. The van der Waals surface area contributed by atoms with E-state index in [0.29, 0.717) is 0 Å². The average molecular weight is 391 g/mol. The average Bonchev–Trinajstić information content (AvgIpc) is 2.74. The predicted octanol–water partition coefficient (Wildman–Crippen LogP) is 5.38. The molecule has 1 aliphatic carbocycles. The van der Waals surface area contributed by atoms with Gasteiger partial charge in [-0.1, -0.05) is 88.1 Å². The maximum absolute atomic E-state index is 4.15. The minimum absolute atomic E-state index is 0.754. The summed E-state index contributed by atoms with van der Waals surface area (Å²) in [6.45, 7) is 12.6. The summed E-state index contributed by atoms with van der Waals surface area (Å²) in [5.74, 6) is 12.2. The zero-order valence-corrected chi connectivity index (χ0v) is 18.3. The molecule has 0 amide bonds. The van der Waals surface area contributed by atoms with Crippen LogP contribution in [0.25, 0.3) is 18.7 Å². The second kappa shape index (κ2) is 10.5. The van der Waals surface area contributed by atoms with Gasteiger partial charge in [0.2, 0.25) is 0 Å². The first kappa shape index (κ1) is 21.5. The highest BCUT2D eigenvalue weighted by Crippen LogP contribution is 2.25. The Balaban J connectivity index is 1.69. The zero-order chi connectivity index (χ0) is 21.3. The quantitative estimate of drug-likeness (QED) is 0.602. The van der Waals surface area contributed by atoms with Crippen LogP contribution in [-0.4, -0.2) is 0 Å². The molecule has 0 saturated heterocycles. The number of allylic oxidation sites excluding steroid dienone is 2. The standard InChI is InChI=1S/C30H30/c1-5-9-25-13-16-28(24(4)20-25)19-23(3)11-7-8-12-27-15-18-29-21-26(10-6-2)14-17-30(29)22-27/h13-14,16-17,19-22H,3-6,9-10,15,18H2,1-2H3/b28-19-. The van der Waals surface area contributed by atoms with Crippen LogP contribution in [0.1, 0.15) is 55.4 Å². The van der Waals surface area contributed by atoms with Crippen molar-refractivity contribution in [1.82, 2.24) is 0 Å². The SMILES string of the molecule is C=C(C#CC#CC1=Cc2ccc(CCC)cc2CC1)/C=c1/ccc(CCC)cc1=C. The minimum Gasteiger partial charge on any atom is -0.0911 e. The fraction of sp³-hybridized carbons (Fsp3) is 0.267. The molecule has 0 spiro atoms. The van der Waals surface area contributed by atoms with Crippen LogP contribution >= 0.6 is 0 Å². The van der Waals surface area contributed by atoms with Crippen LogP contribution < -0.4 is 10.4 Å². The number of rotatable bonds is 5. The van der Waals surface area contributed by atoms with Crippen molar-refractivity contribution >= 4 is 18.7 Å². The van der Waals surface area contributed by atoms with Crippen LogP contribution in [0.4, 0.5) is 0 Å². The lowest BCUT2D eigenvalue weighted by molar-refractivity contribution is 0.904. The Morgan fingerprint density at radius 2 is 1.70 bits per heavy atom. The molecule has 0 unspecified atom stereocenters. The van der Waals surface area contributed by atoms with Crippen molar-refractivity contribution in [3.8, 4) is 23.7 Å². The summed E-state index contributed by atoms with van der Waals surface area (Å²) in [6, 6.07) is 13.2. The third kappa shape index (κ3) is 5.89. The largest absolute Gasteiger partial charge is 0.0911 e. The first-order chi connectivity index (χ1) is 14.6. The van der Waals surface area contributed by atoms with E-state index in [2.05, 4.69) is 93.2 Å². The topological polar surface area (TPSA) is 0 Å². The van der Waals surface area contributed by atoms with E-state index in [1.165, 1.54) is 28.7 Å². The van der Waals surface area contributed by atoms with Crippen LogP contribution in [0.5, 0.6) is 0 Å². The third-order valence-corrected chi connectivity index (χ3v) is 5.32. The van der Waals surface area contributed by atoms with Gasteiger partial charge in [-0.2, -0.15) is 0 Å². The Morgan fingerprint density at radius 1 is 0.967 bits per heavy atom. The third-order valence-electron chi connectivity index (χ3n) is 5.32. The smallest absolute Gasteiger partial charge is 0.0189 e. The monoisotopic (exact) mass is 390 g/mol. The van der Waals surface area contributed by atoms with Gasteiger partial charge in [0.25, 0.3) is 0 Å². The van der Waals surface area contributed by atoms with Crippen molar-refractivity contribution in [1.29, 1.82) is 0 Å². The van der Waals surface area contributed by atoms with E-state index in [9.17, 15) is 0 Å². The summed E-state index contributed by atoms with van der Waals surface area (Å²) in [5.41, 5.74) is 7.40. The van der Waals surface area contributed by atoms with Gasteiger partial charge in [-0.25, -0.2) is 0 Å². The number of benzene rings is 2. The lowest BCUT2D eigenvalue weighted by Crippen LogP contribution is -2.23. The Hall–Kier alpha value is -3.22. The molecule has 3 rings (SSSR count). The molecule has 0 saturated carbocycles. The number of hydrogen-bond acceptors (Lipinski definition) is 0. The number of aryl methyl sites for hydroxylation is 3. The summed E-state index contributed by atoms with van der Waals surface area (Å²) >= 11 is 0. The molecule has 30 heavy (non-hydrogen) atoms. The number of hydrogen-bond donors (Lipinski definition) is 0. The lowest BCUT2D eigenvalue weighted by Gasteiger charge is -2.14. The molecule has 0 radical (unpaired) electrons. The highest BCUT2D eigenvalue weighted by atomic mass is 14.1. The summed E-state index contributed by atoms with van der Waals surface area (Å²) in [7, 11) is 0. The Labute approximate surface area is 181 Å². The van der Waals surface area contributed by atoms with Crippen LogP contribution in [0.2, 0.25) is 0 Å². The molecule has 0 fully saturated rings. The molecule has 2 aromatic rings. The molecule has 1 aliphatic rings. The highest BCUT2D eigenvalue weighted by molar-refractivity contribution is 5.65. The van der Waals surface area contributed by atoms with E-state index in [4.69, 9.17) is 0 Å². The molecule has 0 aliphatic heterocycles. The molecule has 0 bridgehead atoms. The first-order valence-corrected chi connectivity index (χ1v) is 10.9. The Morgan fingerprint density at radius 3 is 2.43 bits per heavy atom. The Bertz CT molecular complexity index is 1200. The van der Waals surface area contributed by atoms with Gasteiger partial charge in [0.1, 0.15) is 0 Å². The maximum atomic E-state index is 4.15. The van der Waals surface area contributed by atoms with E-state index in [1.807, 2.05) is 6.08 Å². The fourth-order valence-electron chi connectivity index (χ4n) is 3.78. The minimum atomic E-state index is 0.754. The van der Waals surface area contributed by atoms with Crippen molar-refractivity contribution in [3.63, 3.8) is 0 Å². The summed E-state index contributed by atoms with van der Waals surface area (Å²) in [4.78, 5) is 0. The molecule has 150 valence electrons. The van der Waals surface area contributed by atoms with Crippen LogP contribution in [0.15, 0.2) is 54.1 Å². The summed E-state index contributed by atoms with van der Waals surface area (Å²) in [6.07, 6.45) is 10.8. The van der Waals surface area contributed by atoms with Gasteiger partial charge in [-0.3, -0.25) is 0 Å². The molecule has 0 heterocycles. The fourth-order valence-corrected chi connectivity index (χ4v) is 3.78. The normalized spacial score (nSPS) is 12.7. The van der Waals surface area contributed by atoms with Crippen LogP contribution in [-0.2, 0) is 19.3 Å². The first-order valence-electron chi connectivity index (χ1n) is 10.9. The second-order valence-electron chi connectivity index (χ2n) is 7.91. The van der Waals surface area contributed by atoms with E-state index < -0.39 is 0 Å². The predicted molar refractivity (Wildman–Crippen MR) is 131 cm³/mol. The van der Waals surface area contributed by atoms with Gasteiger partial charge < -0.3 is 0 Å². The molecule has 0 aromatic heterocycles. The summed E-state index contributed by atoms with van der Waals surface area (Å²) < 4.78 is 0. The molecular weight excluding hydrogens is 360 g/mol. The van der Waals surface area contributed by atoms with Crippen molar-refractivity contribution in [2.45, 2.75) is 52.4 Å². The van der Waals surface area contributed by atoms with Crippen molar-refractivity contribution in [2.75, 3.05) is 0 Å². The van der Waals surface area contributed by atoms with Gasteiger partial charge in [0.05, 0.1) is 0 Å². The highest BCUT2D eigenvalue weighted by Gasteiger charge is 2.09. The van der Waals surface area contributed by atoms with Crippen molar-refractivity contribution < 1.29 is 0 Å². The van der Waals surface area contributed by atoms with Gasteiger partial charge >= 0.3 is 0 Å². The van der Waals surface area contributed by atoms with Gasteiger partial charge in [0.15, 0.2) is 0 Å². The van der Waals surface area contributed by atoms with Crippen molar-refractivity contribution in [2.24, 2.45) is 0 Å². The van der Waals surface area contributed by atoms with Gasteiger partial charge in [0, 0.05) is 11.1 Å². The summed E-state index contributed by atoms with van der Waals surface area (Å²) in [5, 5.41) is 2.08. The van der Waals surface area contributed by atoms with Crippen LogP contribution in [0, 0.1) is 23.7 Å². The van der Waals surface area contributed by atoms with Crippen LogP contribution in [0.3, 0.4) is 0 Å². The molecular formula is C30H30. The molecule has 0 atom stereocenters. The maximum Gasteiger partial charge on any atom is 0.0189 e. The molecule has 0 nitrogen and oxygen atoms in total. The van der Waals surface area contributed by atoms with E-state index >= 15 is 0 Å². The van der Waals surface area contributed by atoms with Gasteiger partial charge in [-0.05, 0) is 82.4 Å². The molecule has 2 aromatic carbocycles. The van der Waals surface area contributed by atoms with E-state index in [-0.39, 0.29) is 0 Å². The lowest BCUT2D eigenvalue weighted by atomic mass is 9.90.